The first-order chi connectivity index (χ1) is 16.7. The number of nitrogens with zero attached hydrogens (tertiary/aromatic N) is 1. The Balaban J connectivity index is 2.00. The summed E-state index contributed by atoms with van der Waals surface area (Å²) in [5.74, 6) is 0.636. The summed E-state index contributed by atoms with van der Waals surface area (Å²) < 4.78 is 11.4. The molecule has 0 spiro atoms. The highest BCUT2D eigenvalue weighted by molar-refractivity contribution is 7.99. The topological polar surface area (TPSA) is 55.8 Å². The van der Waals surface area contributed by atoms with Crippen LogP contribution in [0.2, 0.25) is 0 Å². The van der Waals surface area contributed by atoms with E-state index in [1.165, 1.54) is 22.9 Å². The minimum absolute atomic E-state index is 0.0516. The van der Waals surface area contributed by atoms with Crippen molar-refractivity contribution in [2.24, 2.45) is 10.8 Å². The highest BCUT2D eigenvalue weighted by Gasteiger charge is 2.76. The Morgan fingerprint density at radius 3 is 2.49 bits per heavy atom. The minimum atomic E-state index is -1.12. The molecule has 0 radical (unpaired) electrons. The zero-order valence-electron chi connectivity index (χ0n) is 22.6. The number of carbonyl (C=O) groups is 2. The predicted molar refractivity (Wildman–Crippen MR) is 142 cm³/mol. The van der Waals surface area contributed by atoms with E-state index in [-0.39, 0.29) is 33.9 Å². The van der Waals surface area contributed by atoms with Gasteiger partial charge in [-0.1, -0.05) is 32.8 Å². The van der Waals surface area contributed by atoms with Crippen LogP contribution >= 0.6 is 11.8 Å². The van der Waals surface area contributed by atoms with Gasteiger partial charge >= 0.3 is 5.97 Å². The van der Waals surface area contributed by atoms with E-state index in [1.54, 1.807) is 7.11 Å². The maximum Gasteiger partial charge on any atom is 0.321 e. The summed E-state index contributed by atoms with van der Waals surface area (Å²) in [6.45, 7) is 8.60. The van der Waals surface area contributed by atoms with Crippen LogP contribution < -0.4 is 4.74 Å². The van der Waals surface area contributed by atoms with E-state index in [1.807, 2.05) is 20.1 Å². The van der Waals surface area contributed by atoms with Crippen LogP contribution in [0.1, 0.15) is 77.3 Å². The molecule has 0 amide bonds. The van der Waals surface area contributed by atoms with Gasteiger partial charge in [-0.2, -0.15) is 11.8 Å². The fourth-order valence-corrected chi connectivity index (χ4v) is 8.83. The van der Waals surface area contributed by atoms with Crippen LogP contribution in [0.25, 0.3) is 0 Å². The largest absolute Gasteiger partial charge is 0.497 e. The summed E-state index contributed by atoms with van der Waals surface area (Å²) in [5.41, 5.74) is 1.41. The Hall–Kier alpha value is -1.53. The van der Waals surface area contributed by atoms with Gasteiger partial charge in [-0.05, 0) is 87.9 Å². The molecule has 35 heavy (non-hydrogen) atoms. The summed E-state index contributed by atoms with van der Waals surface area (Å²) in [6.07, 6.45) is 8.43. The molecule has 2 aliphatic heterocycles. The molecule has 4 aliphatic rings. The van der Waals surface area contributed by atoms with Crippen molar-refractivity contribution in [3.8, 4) is 5.75 Å². The molecule has 0 N–H and O–H groups in total. The number of thioether (sulfide) groups is 1. The summed E-state index contributed by atoms with van der Waals surface area (Å²) in [4.78, 5) is 30.5. The number of fused-ring (bicyclic) bond motifs is 2. The molecule has 6 atom stereocenters. The molecule has 5 nitrogen and oxygen atoms in total. The smallest absolute Gasteiger partial charge is 0.321 e. The first-order valence-corrected chi connectivity index (χ1v) is 14.6. The predicted octanol–water partition coefficient (Wildman–Crippen LogP) is 5.42. The zero-order chi connectivity index (χ0) is 25.6. The van der Waals surface area contributed by atoms with Crippen molar-refractivity contribution in [1.29, 1.82) is 0 Å². The fourth-order valence-electron chi connectivity index (χ4n) is 8.40. The normalized spacial score (nSPS) is 34.3. The second-order valence-corrected chi connectivity index (χ2v) is 12.2. The van der Waals surface area contributed by atoms with E-state index < -0.39 is 5.41 Å². The molecule has 5 rings (SSSR count). The Kier molecular flexibility index (Phi) is 7.38. The van der Waals surface area contributed by atoms with E-state index in [2.05, 4.69) is 44.0 Å². The van der Waals surface area contributed by atoms with Gasteiger partial charge in [0.25, 0.3) is 0 Å². The lowest BCUT2D eigenvalue weighted by Gasteiger charge is -2.74. The second kappa shape index (κ2) is 9.74. The number of methoxy groups -OCH3 is 1. The molecule has 2 heterocycles. The number of ether oxygens (including phenoxy) is 2. The third-order valence-corrected chi connectivity index (χ3v) is 10.6. The van der Waals surface area contributed by atoms with Crippen molar-refractivity contribution in [3.05, 3.63) is 29.3 Å². The van der Waals surface area contributed by atoms with Gasteiger partial charge in [0, 0.05) is 17.5 Å². The number of piperidine rings is 2. The second-order valence-electron chi connectivity index (χ2n) is 11.0. The molecule has 2 aliphatic carbocycles. The van der Waals surface area contributed by atoms with E-state index in [9.17, 15) is 9.59 Å². The first-order valence-electron chi connectivity index (χ1n) is 13.4. The molecule has 0 aromatic heterocycles. The Morgan fingerprint density at radius 1 is 1.17 bits per heavy atom. The monoisotopic (exact) mass is 501 g/mol. The number of Topliss-reactive ketones (excluding diaryl/α,β-unsaturated/α-hetero) is 1. The first kappa shape index (κ1) is 26.5. The summed E-state index contributed by atoms with van der Waals surface area (Å²) in [7, 11) is 3.89. The lowest BCUT2D eigenvalue weighted by molar-refractivity contribution is -0.217. The van der Waals surface area contributed by atoms with E-state index in [4.69, 9.17) is 9.47 Å². The van der Waals surface area contributed by atoms with Crippen molar-refractivity contribution >= 4 is 23.5 Å². The molecule has 3 fully saturated rings. The van der Waals surface area contributed by atoms with Gasteiger partial charge < -0.3 is 9.47 Å². The quantitative estimate of drug-likeness (QED) is 0.315. The SMILES string of the molecule is CCCC12CC3N(C)C(Cc4ccc(OC)cc41)C2(CCC)CC3(C(=O)OCC)C(=O)C(C)SC. The molecule has 6 heteroatoms. The minimum Gasteiger partial charge on any atom is -0.497 e. The van der Waals surface area contributed by atoms with Crippen LogP contribution in [0.5, 0.6) is 5.75 Å². The lowest BCUT2D eigenvalue weighted by atomic mass is 9.36. The number of rotatable bonds is 10. The average molecular weight is 502 g/mol. The zero-order valence-corrected chi connectivity index (χ0v) is 23.4. The molecular formula is C29H43NO4S. The fraction of sp³-hybridized carbons (Fsp3) is 0.724. The summed E-state index contributed by atoms with van der Waals surface area (Å²) in [6, 6.07) is 6.72. The van der Waals surface area contributed by atoms with Crippen LogP contribution in [0.15, 0.2) is 18.2 Å². The number of ketones is 1. The van der Waals surface area contributed by atoms with Gasteiger partial charge in [-0.3, -0.25) is 14.5 Å². The summed E-state index contributed by atoms with van der Waals surface area (Å²) >= 11 is 1.53. The number of likely N-dealkylation sites (N-methyl/N-ethyl adjacent to an activating group) is 1. The van der Waals surface area contributed by atoms with Crippen molar-refractivity contribution in [3.63, 3.8) is 0 Å². The number of benzene rings is 1. The summed E-state index contributed by atoms with van der Waals surface area (Å²) in [5, 5.41) is -0.250. The van der Waals surface area contributed by atoms with E-state index >= 15 is 0 Å². The van der Waals surface area contributed by atoms with Crippen LogP contribution in [0.4, 0.5) is 0 Å². The molecule has 1 saturated carbocycles. The van der Waals surface area contributed by atoms with Crippen LogP contribution in [0.3, 0.4) is 0 Å². The number of hydrogen-bond donors (Lipinski definition) is 0. The van der Waals surface area contributed by atoms with Crippen molar-refractivity contribution < 1.29 is 19.1 Å². The molecule has 1 aromatic carbocycles. The molecule has 4 bridgehead atoms. The third kappa shape index (κ3) is 3.53. The van der Waals surface area contributed by atoms with Gasteiger partial charge in [-0.25, -0.2) is 0 Å². The van der Waals surface area contributed by atoms with Crippen LogP contribution in [-0.2, 0) is 26.2 Å². The van der Waals surface area contributed by atoms with Crippen LogP contribution in [0, 0.1) is 10.8 Å². The highest BCUT2D eigenvalue weighted by atomic mass is 32.2. The molecular weight excluding hydrogens is 458 g/mol. The van der Waals surface area contributed by atoms with Gasteiger partial charge in [0.2, 0.25) is 0 Å². The van der Waals surface area contributed by atoms with E-state index in [0.29, 0.717) is 19.1 Å². The highest BCUT2D eigenvalue weighted by Crippen LogP contribution is 2.71. The van der Waals surface area contributed by atoms with Gasteiger partial charge in [-0.15, -0.1) is 0 Å². The number of esters is 1. The van der Waals surface area contributed by atoms with Crippen molar-refractivity contribution in [1.82, 2.24) is 4.90 Å². The van der Waals surface area contributed by atoms with Crippen molar-refractivity contribution in [2.75, 3.05) is 27.0 Å². The lowest BCUT2D eigenvalue weighted by Crippen LogP contribution is -2.80. The van der Waals surface area contributed by atoms with Gasteiger partial charge in [0.05, 0.1) is 19.0 Å². The number of hydrogen-bond acceptors (Lipinski definition) is 6. The Labute approximate surface area is 215 Å². The maximum absolute atomic E-state index is 14.2. The molecule has 6 unspecified atom stereocenters. The van der Waals surface area contributed by atoms with Crippen LogP contribution in [-0.4, -0.2) is 61.0 Å². The molecule has 194 valence electrons. The van der Waals surface area contributed by atoms with E-state index in [0.717, 1.165) is 44.3 Å². The third-order valence-electron chi connectivity index (χ3n) is 9.70. The molecule has 1 aromatic rings. The Bertz CT molecular complexity index is 981. The maximum atomic E-state index is 14.2. The van der Waals surface area contributed by atoms with Gasteiger partial charge in [0.15, 0.2) is 5.78 Å². The van der Waals surface area contributed by atoms with Crippen molar-refractivity contribution in [2.45, 2.75) is 95.4 Å². The molecule has 2 saturated heterocycles. The standard InChI is InChI=1S/C29H43NO4S/c1-8-13-27-17-24-29(26(32)34-10-3,25(31)19(4)35-7)18-28(27,14-9-2)23(30(24)5)15-20-11-12-21(33-6)16-22(20)27/h11-12,16,19,23-24H,8-10,13-15,17-18H2,1-7H3. The number of carbonyl (C=O) groups excluding carboxylic acids is 2. The Morgan fingerprint density at radius 2 is 1.89 bits per heavy atom. The average Bonchev–Trinajstić information content (AvgIpc) is 2.86. The van der Waals surface area contributed by atoms with Gasteiger partial charge in [0.1, 0.15) is 11.2 Å².